The fourth-order valence-corrected chi connectivity index (χ4v) is 1.84. The molecule has 98 valence electrons. The number of hydrogen-bond acceptors (Lipinski definition) is 1. The minimum absolute atomic E-state index is 0.985. The average molecular weight is 236 g/mol. The van der Waals surface area contributed by atoms with Gasteiger partial charge in [-0.05, 0) is 42.5 Å². The minimum Gasteiger partial charge on any atom is -0.497 e. The molecular weight excluding hydrogens is 208 g/mol. The van der Waals surface area contributed by atoms with Gasteiger partial charge < -0.3 is 4.74 Å². The molecule has 0 fully saturated rings. The van der Waals surface area contributed by atoms with E-state index in [0.29, 0.717) is 0 Å². The molecule has 0 saturated heterocycles. The van der Waals surface area contributed by atoms with E-state index in [1.54, 1.807) is 7.11 Å². The summed E-state index contributed by atoms with van der Waals surface area (Å²) in [6.45, 7) is 8.46. The molecular formula is C16H28O. The van der Waals surface area contributed by atoms with Crippen molar-refractivity contribution in [3.63, 3.8) is 0 Å². The van der Waals surface area contributed by atoms with Gasteiger partial charge >= 0.3 is 0 Å². The normalized spacial score (nSPS) is 9.47. The number of methoxy groups -OCH3 is 1. The second kappa shape index (κ2) is 10.2. The second-order valence-electron chi connectivity index (χ2n) is 3.99. The van der Waals surface area contributed by atoms with Crippen LogP contribution in [0.1, 0.15) is 58.1 Å². The van der Waals surface area contributed by atoms with Crippen LogP contribution >= 0.6 is 0 Å². The zero-order valence-electron chi connectivity index (χ0n) is 12.2. The van der Waals surface area contributed by atoms with Gasteiger partial charge in [0, 0.05) is 0 Å². The van der Waals surface area contributed by atoms with Gasteiger partial charge in [0.05, 0.1) is 7.11 Å². The number of ether oxygens (including phenoxy) is 1. The Morgan fingerprint density at radius 1 is 0.941 bits per heavy atom. The van der Waals surface area contributed by atoms with Gasteiger partial charge in [0.2, 0.25) is 0 Å². The lowest BCUT2D eigenvalue weighted by atomic mass is 9.98. The Labute approximate surface area is 107 Å². The number of benzene rings is 1. The molecule has 0 bridgehead atoms. The summed E-state index contributed by atoms with van der Waals surface area (Å²) in [7, 11) is 1.73. The Kier molecular flexibility index (Phi) is 9.60. The third kappa shape index (κ3) is 5.76. The first-order chi connectivity index (χ1) is 8.31. The SMILES string of the molecule is CC.CCCCc1ccc(OC)cc1CCC. The lowest BCUT2D eigenvalue weighted by molar-refractivity contribution is 0.414. The van der Waals surface area contributed by atoms with Gasteiger partial charge in [0.25, 0.3) is 0 Å². The van der Waals surface area contributed by atoms with Crippen LogP contribution in [0.15, 0.2) is 18.2 Å². The predicted molar refractivity (Wildman–Crippen MR) is 76.9 cm³/mol. The van der Waals surface area contributed by atoms with E-state index in [1.807, 2.05) is 13.8 Å². The zero-order valence-corrected chi connectivity index (χ0v) is 12.2. The first-order valence-electron chi connectivity index (χ1n) is 6.97. The molecule has 1 aromatic rings. The Hall–Kier alpha value is -0.980. The molecule has 0 heterocycles. The molecule has 1 rings (SSSR count). The van der Waals surface area contributed by atoms with Gasteiger partial charge in [-0.15, -0.1) is 0 Å². The lowest BCUT2D eigenvalue weighted by Gasteiger charge is -2.10. The Morgan fingerprint density at radius 2 is 1.65 bits per heavy atom. The number of rotatable bonds is 6. The van der Waals surface area contributed by atoms with Crippen LogP contribution in [0.25, 0.3) is 0 Å². The summed E-state index contributed by atoms with van der Waals surface area (Å²) in [5, 5.41) is 0. The molecule has 0 aliphatic heterocycles. The maximum absolute atomic E-state index is 5.26. The van der Waals surface area contributed by atoms with Crippen molar-refractivity contribution in [3.05, 3.63) is 29.3 Å². The van der Waals surface area contributed by atoms with Crippen molar-refractivity contribution in [2.75, 3.05) is 7.11 Å². The maximum atomic E-state index is 5.26. The standard InChI is InChI=1S/C14H22O.C2H6/c1-4-6-8-12-9-10-14(15-3)11-13(12)7-5-2;1-2/h9-11H,4-8H2,1-3H3;1-2H3. The monoisotopic (exact) mass is 236 g/mol. The highest BCUT2D eigenvalue weighted by Gasteiger charge is 2.03. The molecule has 0 aliphatic rings. The molecule has 0 radical (unpaired) electrons. The van der Waals surface area contributed by atoms with E-state index < -0.39 is 0 Å². The summed E-state index contributed by atoms with van der Waals surface area (Å²) in [4.78, 5) is 0. The van der Waals surface area contributed by atoms with Crippen molar-refractivity contribution < 1.29 is 4.74 Å². The number of aryl methyl sites for hydroxylation is 2. The minimum atomic E-state index is 0.985. The molecule has 0 aromatic heterocycles. The van der Waals surface area contributed by atoms with E-state index in [1.165, 1.54) is 36.8 Å². The molecule has 0 aliphatic carbocycles. The Bertz CT molecular complexity index is 292. The zero-order chi connectivity index (χ0) is 13.1. The summed E-state index contributed by atoms with van der Waals surface area (Å²) in [5.74, 6) is 0.985. The molecule has 1 aromatic carbocycles. The van der Waals surface area contributed by atoms with Crippen LogP contribution in [0.5, 0.6) is 5.75 Å². The first kappa shape index (κ1) is 16.0. The van der Waals surface area contributed by atoms with Crippen molar-refractivity contribution >= 4 is 0 Å². The molecule has 0 spiro atoms. The summed E-state index contributed by atoms with van der Waals surface area (Å²) < 4.78 is 5.26. The molecule has 17 heavy (non-hydrogen) atoms. The van der Waals surface area contributed by atoms with Gasteiger partial charge in [-0.25, -0.2) is 0 Å². The summed E-state index contributed by atoms with van der Waals surface area (Å²) in [6.07, 6.45) is 6.11. The Morgan fingerprint density at radius 3 is 2.18 bits per heavy atom. The maximum Gasteiger partial charge on any atom is 0.119 e. The fourth-order valence-electron chi connectivity index (χ4n) is 1.84. The van der Waals surface area contributed by atoms with E-state index in [4.69, 9.17) is 4.74 Å². The van der Waals surface area contributed by atoms with Crippen LogP contribution in [0.2, 0.25) is 0 Å². The van der Waals surface area contributed by atoms with Crippen molar-refractivity contribution in [2.24, 2.45) is 0 Å². The van der Waals surface area contributed by atoms with E-state index in [2.05, 4.69) is 32.0 Å². The van der Waals surface area contributed by atoms with Gasteiger partial charge in [0.15, 0.2) is 0 Å². The van der Waals surface area contributed by atoms with Crippen LogP contribution < -0.4 is 4.74 Å². The van der Waals surface area contributed by atoms with Crippen LogP contribution in [-0.2, 0) is 12.8 Å². The highest BCUT2D eigenvalue weighted by Crippen LogP contribution is 2.20. The molecule has 0 N–H and O–H groups in total. The topological polar surface area (TPSA) is 9.23 Å². The third-order valence-corrected chi connectivity index (χ3v) is 2.73. The number of unbranched alkanes of at least 4 members (excludes halogenated alkanes) is 1. The molecule has 1 nitrogen and oxygen atoms in total. The highest BCUT2D eigenvalue weighted by atomic mass is 16.5. The van der Waals surface area contributed by atoms with Crippen molar-refractivity contribution in [1.29, 1.82) is 0 Å². The third-order valence-electron chi connectivity index (χ3n) is 2.73. The van der Waals surface area contributed by atoms with Crippen molar-refractivity contribution in [1.82, 2.24) is 0 Å². The van der Waals surface area contributed by atoms with Crippen LogP contribution in [0.4, 0.5) is 0 Å². The van der Waals surface area contributed by atoms with Crippen LogP contribution in [-0.4, -0.2) is 7.11 Å². The smallest absolute Gasteiger partial charge is 0.119 e. The van der Waals surface area contributed by atoms with E-state index >= 15 is 0 Å². The summed E-state index contributed by atoms with van der Waals surface area (Å²) in [6, 6.07) is 6.48. The van der Waals surface area contributed by atoms with E-state index in [-0.39, 0.29) is 0 Å². The second-order valence-corrected chi connectivity index (χ2v) is 3.99. The van der Waals surface area contributed by atoms with Crippen LogP contribution in [0.3, 0.4) is 0 Å². The largest absolute Gasteiger partial charge is 0.497 e. The van der Waals surface area contributed by atoms with Gasteiger partial charge in [0.1, 0.15) is 5.75 Å². The highest BCUT2D eigenvalue weighted by molar-refractivity contribution is 5.36. The van der Waals surface area contributed by atoms with E-state index in [0.717, 1.165) is 12.2 Å². The molecule has 0 unspecified atom stereocenters. The van der Waals surface area contributed by atoms with Crippen molar-refractivity contribution in [3.8, 4) is 5.75 Å². The van der Waals surface area contributed by atoms with Gasteiger partial charge in [-0.2, -0.15) is 0 Å². The molecule has 0 atom stereocenters. The molecule has 0 amide bonds. The average Bonchev–Trinajstić information content (AvgIpc) is 2.40. The Balaban J connectivity index is 0.00000121. The fraction of sp³-hybridized carbons (Fsp3) is 0.625. The predicted octanol–water partition coefficient (Wildman–Crippen LogP) is 5.02. The first-order valence-corrected chi connectivity index (χ1v) is 6.97. The van der Waals surface area contributed by atoms with Crippen LogP contribution in [0, 0.1) is 0 Å². The summed E-state index contributed by atoms with van der Waals surface area (Å²) >= 11 is 0. The van der Waals surface area contributed by atoms with E-state index in [9.17, 15) is 0 Å². The molecule has 1 heteroatoms. The van der Waals surface area contributed by atoms with Gasteiger partial charge in [-0.3, -0.25) is 0 Å². The number of hydrogen-bond donors (Lipinski definition) is 0. The summed E-state index contributed by atoms with van der Waals surface area (Å²) in [5.41, 5.74) is 2.96. The van der Waals surface area contributed by atoms with Gasteiger partial charge in [-0.1, -0.05) is 46.6 Å². The quantitative estimate of drug-likeness (QED) is 0.674. The molecule has 0 saturated carbocycles. The lowest BCUT2D eigenvalue weighted by Crippen LogP contribution is -1.95. The van der Waals surface area contributed by atoms with Crippen molar-refractivity contribution in [2.45, 2.75) is 59.8 Å².